The fourth-order valence-electron chi connectivity index (χ4n) is 5.22. The molecule has 1 aromatic carbocycles. The van der Waals surface area contributed by atoms with Gasteiger partial charge in [0.25, 0.3) is 0 Å². The number of piperidine rings is 1. The first-order chi connectivity index (χ1) is 16.0. The van der Waals surface area contributed by atoms with Crippen LogP contribution < -0.4 is 10.6 Å². The topological polar surface area (TPSA) is 60.5 Å². The first kappa shape index (κ1) is 23.6. The summed E-state index contributed by atoms with van der Waals surface area (Å²) in [4.78, 5) is 21.9. The van der Waals surface area contributed by atoms with Gasteiger partial charge in [-0.3, -0.25) is 14.7 Å². The van der Waals surface area contributed by atoms with Gasteiger partial charge in [-0.2, -0.15) is 0 Å². The van der Waals surface area contributed by atoms with E-state index in [1.165, 1.54) is 11.1 Å². The van der Waals surface area contributed by atoms with Crippen LogP contribution in [0.5, 0.6) is 0 Å². The molecule has 0 saturated carbocycles. The monoisotopic (exact) mass is 465 g/mol. The molecule has 6 nitrogen and oxygen atoms in total. The molecule has 2 aliphatic heterocycles. The predicted octanol–water partition coefficient (Wildman–Crippen LogP) is 2.99. The highest BCUT2D eigenvalue weighted by molar-refractivity contribution is 7.80. The first-order valence-corrected chi connectivity index (χ1v) is 12.4. The van der Waals surface area contributed by atoms with Crippen LogP contribution >= 0.6 is 12.2 Å². The van der Waals surface area contributed by atoms with Gasteiger partial charge < -0.3 is 15.5 Å². The first-order valence-electron chi connectivity index (χ1n) is 12.0. The molecule has 2 fully saturated rings. The normalized spacial score (nSPS) is 22.5. The van der Waals surface area contributed by atoms with E-state index in [4.69, 9.17) is 12.2 Å². The fraction of sp³-hybridized carbons (Fsp3) is 0.500. The third-order valence-electron chi connectivity index (χ3n) is 6.97. The smallest absolute Gasteiger partial charge is 0.245 e. The van der Waals surface area contributed by atoms with Gasteiger partial charge >= 0.3 is 0 Å². The van der Waals surface area contributed by atoms with E-state index >= 15 is 0 Å². The second-order valence-corrected chi connectivity index (χ2v) is 9.91. The Morgan fingerprint density at radius 2 is 1.88 bits per heavy atom. The van der Waals surface area contributed by atoms with E-state index in [2.05, 4.69) is 70.9 Å². The van der Waals surface area contributed by atoms with Crippen LogP contribution in [0.25, 0.3) is 0 Å². The molecule has 0 bridgehead atoms. The van der Waals surface area contributed by atoms with Crippen molar-refractivity contribution in [3.05, 3.63) is 66.0 Å². The Balaban J connectivity index is 1.41. The number of likely N-dealkylation sites (tertiary alicyclic amines) is 1. The van der Waals surface area contributed by atoms with Gasteiger partial charge in [0.05, 0.1) is 0 Å². The molecular weight excluding hydrogens is 430 g/mol. The molecule has 3 heterocycles. The minimum Gasteiger partial charge on any atom is -0.360 e. The van der Waals surface area contributed by atoms with E-state index in [1.54, 1.807) is 0 Å². The van der Waals surface area contributed by atoms with Crippen molar-refractivity contribution >= 4 is 23.2 Å². The number of benzene rings is 1. The summed E-state index contributed by atoms with van der Waals surface area (Å²) in [5.74, 6) is 0.726. The van der Waals surface area contributed by atoms with E-state index in [1.807, 2.05) is 23.4 Å². The Kier molecular flexibility index (Phi) is 7.93. The largest absolute Gasteiger partial charge is 0.360 e. The van der Waals surface area contributed by atoms with E-state index in [9.17, 15) is 4.79 Å². The highest BCUT2D eigenvalue weighted by Gasteiger charge is 2.35. The molecule has 0 spiro atoms. The standard InChI is InChI=1S/C26H35N5OS/c1-19-15-23(29-26(33)28-19)25(32)31-13-10-22(11-14-31)24(16-20-7-4-3-5-8-20)30(2)18-21-9-6-12-27-17-21/h3-9,12,17,19,22-24H,10-11,13-16,18H2,1-2H3,(H2,28,29,33)/t19-,23+,24-/m1/s1. The zero-order valence-electron chi connectivity index (χ0n) is 19.6. The summed E-state index contributed by atoms with van der Waals surface area (Å²) in [5.41, 5.74) is 2.59. The molecule has 3 atom stereocenters. The molecule has 2 aliphatic rings. The van der Waals surface area contributed by atoms with Gasteiger partial charge in [0.2, 0.25) is 5.91 Å². The maximum Gasteiger partial charge on any atom is 0.245 e. The summed E-state index contributed by atoms with van der Waals surface area (Å²) in [6.45, 7) is 4.56. The van der Waals surface area contributed by atoms with E-state index in [0.29, 0.717) is 17.1 Å². The van der Waals surface area contributed by atoms with Crippen molar-refractivity contribution < 1.29 is 4.79 Å². The number of pyridine rings is 1. The Bertz CT molecular complexity index is 917. The lowest BCUT2D eigenvalue weighted by Crippen LogP contribution is -2.60. The number of aromatic nitrogens is 1. The number of hydrogen-bond acceptors (Lipinski definition) is 4. The average molecular weight is 466 g/mol. The third-order valence-corrected chi connectivity index (χ3v) is 7.21. The molecule has 4 rings (SSSR count). The van der Waals surface area contributed by atoms with Gasteiger partial charge in [-0.25, -0.2) is 0 Å². The predicted molar refractivity (Wildman–Crippen MR) is 136 cm³/mol. The van der Waals surface area contributed by atoms with Gasteiger partial charge in [-0.15, -0.1) is 0 Å². The molecule has 2 N–H and O–H groups in total. The summed E-state index contributed by atoms with van der Waals surface area (Å²) in [5, 5.41) is 6.94. The third kappa shape index (κ3) is 6.30. The van der Waals surface area contributed by atoms with Crippen molar-refractivity contribution in [3.8, 4) is 0 Å². The summed E-state index contributed by atoms with van der Waals surface area (Å²) in [7, 11) is 2.22. The molecular formula is C26H35N5OS. The lowest BCUT2D eigenvalue weighted by Gasteiger charge is -2.41. The zero-order valence-corrected chi connectivity index (χ0v) is 20.4. The summed E-state index contributed by atoms with van der Waals surface area (Å²) >= 11 is 5.27. The fourth-order valence-corrected chi connectivity index (χ4v) is 5.56. The average Bonchev–Trinajstić information content (AvgIpc) is 2.83. The number of nitrogens with zero attached hydrogens (tertiary/aromatic N) is 3. The molecule has 0 radical (unpaired) electrons. The SMILES string of the molecule is C[C@@H]1C[C@@H](C(=O)N2CCC([C@@H](Cc3ccccc3)N(C)Cc3cccnc3)CC2)NC(=S)N1. The minimum absolute atomic E-state index is 0.187. The van der Waals surface area contributed by atoms with Gasteiger partial charge in [0.15, 0.2) is 5.11 Å². The second-order valence-electron chi connectivity index (χ2n) is 9.50. The Morgan fingerprint density at radius 1 is 1.15 bits per heavy atom. The molecule has 1 aromatic heterocycles. The van der Waals surface area contributed by atoms with Gasteiger partial charge in [0.1, 0.15) is 6.04 Å². The molecule has 33 heavy (non-hydrogen) atoms. The maximum atomic E-state index is 13.1. The van der Waals surface area contributed by atoms with Gasteiger partial charge in [0, 0.05) is 44.1 Å². The lowest BCUT2D eigenvalue weighted by atomic mass is 9.84. The zero-order chi connectivity index (χ0) is 23.2. The number of nitrogens with one attached hydrogen (secondary N) is 2. The van der Waals surface area contributed by atoms with Crippen molar-refractivity contribution in [1.29, 1.82) is 0 Å². The van der Waals surface area contributed by atoms with E-state index < -0.39 is 0 Å². The summed E-state index contributed by atoms with van der Waals surface area (Å²) < 4.78 is 0. The number of amides is 1. The Morgan fingerprint density at radius 3 is 2.55 bits per heavy atom. The van der Waals surface area contributed by atoms with Crippen molar-refractivity contribution in [3.63, 3.8) is 0 Å². The second kappa shape index (κ2) is 11.1. The molecule has 176 valence electrons. The lowest BCUT2D eigenvalue weighted by molar-refractivity contribution is -0.135. The van der Waals surface area contributed by atoms with Crippen molar-refractivity contribution in [1.82, 2.24) is 25.4 Å². The van der Waals surface area contributed by atoms with Gasteiger partial charge in [-0.1, -0.05) is 36.4 Å². The number of likely N-dealkylation sites (N-methyl/N-ethyl adjacent to an activating group) is 1. The molecule has 0 aliphatic carbocycles. The number of carbonyl (C=O) groups is 1. The highest BCUT2D eigenvalue weighted by atomic mass is 32.1. The quantitative estimate of drug-likeness (QED) is 0.613. The number of hydrogen-bond donors (Lipinski definition) is 2. The van der Waals surface area contributed by atoms with Crippen molar-refractivity contribution in [2.75, 3.05) is 20.1 Å². The van der Waals surface area contributed by atoms with Crippen LogP contribution in [0.2, 0.25) is 0 Å². The van der Waals surface area contributed by atoms with Crippen LogP contribution in [0.3, 0.4) is 0 Å². The van der Waals surface area contributed by atoms with Gasteiger partial charge in [-0.05, 0) is 75.0 Å². The maximum absolute atomic E-state index is 13.1. The van der Waals surface area contributed by atoms with Crippen LogP contribution in [0.1, 0.15) is 37.3 Å². The summed E-state index contributed by atoms with van der Waals surface area (Å²) in [6.07, 6.45) is 7.59. The van der Waals surface area contributed by atoms with Crippen molar-refractivity contribution in [2.45, 2.75) is 57.3 Å². The Hall–Kier alpha value is -2.51. The van der Waals surface area contributed by atoms with Crippen LogP contribution in [-0.4, -0.2) is 64.1 Å². The number of carbonyl (C=O) groups excluding carboxylic acids is 1. The van der Waals surface area contributed by atoms with Crippen LogP contribution in [0.4, 0.5) is 0 Å². The van der Waals surface area contributed by atoms with Crippen LogP contribution in [0, 0.1) is 5.92 Å². The van der Waals surface area contributed by atoms with E-state index in [-0.39, 0.29) is 18.0 Å². The van der Waals surface area contributed by atoms with Crippen LogP contribution in [0.15, 0.2) is 54.9 Å². The summed E-state index contributed by atoms with van der Waals surface area (Å²) in [6, 6.07) is 15.3. The molecule has 1 amide bonds. The highest BCUT2D eigenvalue weighted by Crippen LogP contribution is 2.28. The molecule has 2 saturated heterocycles. The Labute approximate surface area is 202 Å². The number of rotatable bonds is 7. The minimum atomic E-state index is -0.210. The number of thiocarbonyl (C=S) groups is 1. The molecule has 0 unspecified atom stereocenters. The molecule has 2 aromatic rings. The molecule has 7 heteroatoms. The van der Waals surface area contributed by atoms with E-state index in [0.717, 1.165) is 45.3 Å². The van der Waals surface area contributed by atoms with Crippen LogP contribution in [-0.2, 0) is 17.8 Å². The van der Waals surface area contributed by atoms with Crippen molar-refractivity contribution in [2.24, 2.45) is 5.92 Å².